The maximum absolute atomic E-state index is 11.1. The van der Waals surface area contributed by atoms with E-state index in [0.29, 0.717) is 18.2 Å². The topological polar surface area (TPSA) is 109 Å². The van der Waals surface area contributed by atoms with Gasteiger partial charge in [-0.2, -0.15) is 5.10 Å². The molecule has 18 heavy (non-hydrogen) atoms. The summed E-state index contributed by atoms with van der Waals surface area (Å²) < 4.78 is 6.80. The third-order valence-corrected chi connectivity index (χ3v) is 2.24. The van der Waals surface area contributed by atoms with E-state index in [1.165, 1.54) is 10.9 Å². The lowest BCUT2D eigenvalue weighted by atomic mass is 10.4. The molecule has 7 nitrogen and oxygen atoms in total. The van der Waals surface area contributed by atoms with Crippen LogP contribution in [0.4, 0.5) is 5.69 Å². The van der Waals surface area contributed by atoms with Crippen molar-refractivity contribution < 1.29 is 9.53 Å². The average molecular weight is 247 g/mol. The number of pyridine rings is 1. The molecule has 0 bridgehead atoms. The van der Waals surface area contributed by atoms with Crippen molar-refractivity contribution >= 4 is 11.6 Å². The highest BCUT2D eigenvalue weighted by Crippen LogP contribution is 2.21. The van der Waals surface area contributed by atoms with Gasteiger partial charge in [-0.3, -0.25) is 4.79 Å². The fourth-order valence-corrected chi connectivity index (χ4v) is 1.51. The van der Waals surface area contributed by atoms with E-state index in [9.17, 15) is 4.79 Å². The fraction of sp³-hybridized carbons (Fsp3) is 0.182. The molecule has 1 amide bonds. The van der Waals surface area contributed by atoms with Crippen LogP contribution in [-0.2, 0) is 0 Å². The van der Waals surface area contributed by atoms with E-state index in [-0.39, 0.29) is 11.4 Å². The predicted molar refractivity (Wildman–Crippen MR) is 65.5 cm³/mol. The number of carbonyl (C=O) groups is 1. The first-order chi connectivity index (χ1) is 8.63. The van der Waals surface area contributed by atoms with Crippen LogP contribution < -0.4 is 16.2 Å². The molecular weight excluding hydrogens is 234 g/mol. The SMILES string of the molecule is CCOc1cccnc1-n1cc(N)c(C(N)=O)n1. The lowest BCUT2D eigenvalue weighted by Gasteiger charge is -2.07. The Morgan fingerprint density at radius 3 is 2.94 bits per heavy atom. The van der Waals surface area contributed by atoms with E-state index in [4.69, 9.17) is 16.2 Å². The van der Waals surface area contributed by atoms with E-state index in [0.717, 1.165) is 0 Å². The molecule has 0 aliphatic heterocycles. The molecule has 0 atom stereocenters. The van der Waals surface area contributed by atoms with Crippen LogP contribution in [0, 0.1) is 0 Å². The van der Waals surface area contributed by atoms with Gasteiger partial charge >= 0.3 is 0 Å². The van der Waals surface area contributed by atoms with Crippen LogP contribution in [0.15, 0.2) is 24.5 Å². The summed E-state index contributed by atoms with van der Waals surface area (Å²) in [5.41, 5.74) is 11.0. The Hall–Kier alpha value is -2.57. The predicted octanol–water partition coefficient (Wildman–Crippen LogP) is 0.347. The van der Waals surface area contributed by atoms with Crippen molar-refractivity contribution in [2.75, 3.05) is 12.3 Å². The number of nitrogen functional groups attached to an aromatic ring is 1. The molecule has 0 spiro atoms. The normalized spacial score (nSPS) is 10.3. The van der Waals surface area contributed by atoms with Gasteiger partial charge in [0.25, 0.3) is 5.91 Å². The third-order valence-electron chi connectivity index (χ3n) is 2.24. The minimum atomic E-state index is -0.680. The van der Waals surface area contributed by atoms with Crippen LogP contribution in [0.5, 0.6) is 5.75 Å². The second kappa shape index (κ2) is 4.74. The van der Waals surface area contributed by atoms with Gasteiger partial charge in [0.05, 0.1) is 18.5 Å². The maximum Gasteiger partial charge on any atom is 0.271 e. The van der Waals surface area contributed by atoms with Crippen molar-refractivity contribution in [1.82, 2.24) is 14.8 Å². The first-order valence-electron chi connectivity index (χ1n) is 5.36. The molecule has 0 aliphatic carbocycles. The van der Waals surface area contributed by atoms with E-state index in [1.54, 1.807) is 18.3 Å². The van der Waals surface area contributed by atoms with E-state index in [2.05, 4.69) is 10.1 Å². The monoisotopic (exact) mass is 247 g/mol. The zero-order valence-corrected chi connectivity index (χ0v) is 9.83. The minimum Gasteiger partial charge on any atom is -0.490 e. The van der Waals surface area contributed by atoms with Crippen molar-refractivity contribution in [1.29, 1.82) is 0 Å². The molecule has 0 aromatic carbocycles. The number of aromatic nitrogens is 3. The number of anilines is 1. The summed E-state index contributed by atoms with van der Waals surface area (Å²) in [4.78, 5) is 15.2. The van der Waals surface area contributed by atoms with Gasteiger partial charge in [0.1, 0.15) is 0 Å². The highest BCUT2D eigenvalue weighted by Gasteiger charge is 2.15. The molecule has 4 N–H and O–H groups in total. The van der Waals surface area contributed by atoms with Crippen LogP contribution >= 0.6 is 0 Å². The zero-order valence-electron chi connectivity index (χ0n) is 9.83. The Bertz CT molecular complexity index is 579. The minimum absolute atomic E-state index is 0.0168. The highest BCUT2D eigenvalue weighted by molar-refractivity contribution is 5.95. The Morgan fingerprint density at radius 2 is 2.33 bits per heavy atom. The second-order valence-electron chi connectivity index (χ2n) is 3.50. The van der Waals surface area contributed by atoms with E-state index < -0.39 is 5.91 Å². The van der Waals surface area contributed by atoms with Crippen molar-refractivity contribution in [2.24, 2.45) is 5.73 Å². The Balaban J connectivity index is 2.48. The van der Waals surface area contributed by atoms with Crippen molar-refractivity contribution in [3.8, 4) is 11.6 Å². The van der Waals surface area contributed by atoms with E-state index >= 15 is 0 Å². The van der Waals surface area contributed by atoms with Crippen molar-refractivity contribution in [3.63, 3.8) is 0 Å². The first-order valence-corrected chi connectivity index (χ1v) is 5.36. The molecule has 0 fully saturated rings. The van der Waals surface area contributed by atoms with Crippen LogP contribution in [0.1, 0.15) is 17.4 Å². The number of ether oxygens (including phenoxy) is 1. The number of nitrogens with two attached hydrogens (primary N) is 2. The third kappa shape index (κ3) is 2.10. The lowest BCUT2D eigenvalue weighted by Crippen LogP contribution is -2.14. The molecule has 0 unspecified atom stereocenters. The van der Waals surface area contributed by atoms with Crippen molar-refractivity contribution in [2.45, 2.75) is 6.92 Å². The van der Waals surface area contributed by atoms with Gasteiger partial charge in [-0.25, -0.2) is 9.67 Å². The van der Waals surface area contributed by atoms with Gasteiger partial charge in [-0.15, -0.1) is 0 Å². The van der Waals surface area contributed by atoms with Crippen LogP contribution in [0.3, 0.4) is 0 Å². The first kappa shape index (κ1) is 11.9. The Morgan fingerprint density at radius 1 is 1.56 bits per heavy atom. The molecular formula is C11H13N5O2. The summed E-state index contributed by atoms with van der Waals surface area (Å²) in [6.45, 7) is 2.36. The molecule has 2 aromatic heterocycles. The highest BCUT2D eigenvalue weighted by atomic mass is 16.5. The molecule has 2 heterocycles. The molecule has 0 saturated heterocycles. The number of primary amides is 1. The number of hydrogen-bond donors (Lipinski definition) is 2. The van der Waals surface area contributed by atoms with E-state index in [1.807, 2.05) is 6.92 Å². The number of hydrogen-bond acceptors (Lipinski definition) is 5. The Kier molecular flexibility index (Phi) is 3.13. The molecule has 2 rings (SSSR count). The smallest absolute Gasteiger partial charge is 0.271 e. The summed E-state index contributed by atoms with van der Waals surface area (Å²) in [6.07, 6.45) is 3.07. The quantitative estimate of drug-likeness (QED) is 0.810. The van der Waals surface area contributed by atoms with Crippen molar-refractivity contribution in [3.05, 3.63) is 30.2 Å². The lowest BCUT2D eigenvalue weighted by molar-refractivity contribution is 0.0996. The number of rotatable bonds is 4. The molecule has 94 valence electrons. The number of nitrogens with zero attached hydrogens (tertiary/aromatic N) is 3. The number of carbonyl (C=O) groups excluding carboxylic acids is 1. The van der Waals surface area contributed by atoms with Crippen LogP contribution in [0.2, 0.25) is 0 Å². The molecule has 7 heteroatoms. The summed E-state index contributed by atoms with van der Waals surface area (Å²) in [5.74, 6) is 0.331. The standard InChI is InChI=1S/C11H13N5O2/c1-2-18-8-4-3-5-14-11(8)16-6-7(12)9(15-16)10(13)17/h3-6H,2,12H2,1H3,(H2,13,17). The summed E-state index contributed by atoms with van der Waals surface area (Å²) in [7, 11) is 0. The van der Waals surface area contributed by atoms with Gasteiger partial charge in [0.2, 0.25) is 0 Å². The summed E-state index contributed by atoms with van der Waals surface area (Å²) in [5, 5.41) is 4.00. The summed E-state index contributed by atoms with van der Waals surface area (Å²) in [6, 6.07) is 3.50. The van der Waals surface area contributed by atoms with Gasteiger partial charge in [0.15, 0.2) is 17.3 Å². The summed E-state index contributed by atoms with van der Waals surface area (Å²) >= 11 is 0. The second-order valence-corrected chi connectivity index (χ2v) is 3.50. The van der Waals surface area contributed by atoms with Gasteiger partial charge in [0, 0.05) is 6.20 Å². The Labute approximate surface area is 103 Å². The van der Waals surface area contributed by atoms with Gasteiger partial charge in [-0.05, 0) is 19.1 Å². The molecule has 0 saturated carbocycles. The number of amides is 1. The van der Waals surface area contributed by atoms with Gasteiger partial charge in [-0.1, -0.05) is 0 Å². The zero-order chi connectivity index (χ0) is 13.1. The molecule has 0 radical (unpaired) electrons. The molecule has 2 aromatic rings. The maximum atomic E-state index is 11.1. The largest absolute Gasteiger partial charge is 0.490 e. The average Bonchev–Trinajstić information content (AvgIpc) is 2.72. The fourth-order valence-electron chi connectivity index (χ4n) is 1.51. The van der Waals surface area contributed by atoms with Crippen LogP contribution in [0.25, 0.3) is 5.82 Å². The molecule has 0 aliphatic rings. The van der Waals surface area contributed by atoms with Gasteiger partial charge < -0.3 is 16.2 Å². The van der Waals surface area contributed by atoms with Crippen LogP contribution in [-0.4, -0.2) is 27.3 Å².